The van der Waals surface area contributed by atoms with Crippen molar-refractivity contribution >= 4 is 38.8 Å². The zero-order chi connectivity index (χ0) is 21.7. The first-order chi connectivity index (χ1) is 14.2. The summed E-state index contributed by atoms with van der Waals surface area (Å²) in [6, 6.07) is 13.8. The summed E-state index contributed by atoms with van der Waals surface area (Å²) in [7, 11) is -3.37. The molecule has 9 heteroatoms. The minimum atomic E-state index is -3.37. The first-order valence-electron chi connectivity index (χ1n) is 9.31. The molecule has 156 valence electrons. The van der Waals surface area contributed by atoms with E-state index >= 15 is 0 Å². The molecule has 8 nitrogen and oxygen atoms in total. The predicted molar refractivity (Wildman–Crippen MR) is 119 cm³/mol. The molecule has 30 heavy (non-hydrogen) atoms. The molecule has 0 spiro atoms. The van der Waals surface area contributed by atoms with Crippen molar-refractivity contribution in [1.82, 2.24) is 9.97 Å². The predicted octanol–water partition coefficient (Wildman–Crippen LogP) is 3.71. The van der Waals surface area contributed by atoms with Crippen LogP contribution in [0.15, 0.2) is 54.9 Å². The quantitative estimate of drug-likeness (QED) is 0.532. The van der Waals surface area contributed by atoms with Crippen LogP contribution in [0, 0.1) is 6.92 Å². The van der Waals surface area contributed by atoms with Gasteiger partial charge in [0.05, 0.1) is 6.26 Å². The van der Waals surface area contributed by atoms with E-state index < -0.39 is 10.0 Å². The molecule has 0 bridgehead atoms. The summed E-state index contributed by atoms with van der Waals surface area (Å²) in [5.74, 6) is 0.378. The SMILES string of the molecule is CCc1ccc(Nc2cc(C)ncn2)cc1NC(=O)c1ccc(NS(C)(=O)=O)cc1. The molecular formula is C21H23N5O3S. The Hall–Kier alpha value is -3.46. The summed E-state index contributed by atoms with van der Waals surface area (Å²) in [5, 5.41) is 6.14. The molecule has 0 radical (unpaired) electrons. The van der Waals surface area contributed by atoms with Gasteiger partial charge in [0, 0.05) is 34.4 Å². The lowest BCUT2D eigenvalue weighted by molar-refractivity contribution is 0.102. The third kappa shape index (κ3) is 5.77. The number of hydrogen-bond acceptors (Lipinski definition) is 6. The van der Waals surface area contributed by atoms with Crippen molar-refractivity contribution < 1.29 is 13.2 Å². The Morgan fingerprint density at radius 1 is 1.00 bits per heavy atom. The number of carbonyl (C=O) groups is 1. The topological polar surface area (TPSA) is 113 Å². The van der Waals surface area contributed by atoms with Crippen LogP contribution in [0.1, 0.15) is 28.5 Å². The minimum absolute atomic E-state index is 0.286. The summed E-state index contributed by atoms with van der Waals surface area (Å²) in [6.07, 6.45) is 3.31. The van der Waals surface area contributed by atoms with Crippen LogP contribution < -0.4 is 15.4 Å². The molecule has 1 amide bonds. The van der Waals surface area contributed by atoms with Crippen molar-refractivity contribution in [2.75, 3.05) is 21.6 Å². The number of hydrogen-bond donors (Lipinski definition) is 3. The van der Waals surface area contributed by atoms with Crippen molar-refractivity contribution in [2.45, 2.75) is 20.3 Å². The van der Waals surface area contributed by atoms with Crippen molar-refractivity contribution in [3.8, 4) is 0 Å². The van der Waals surface area contributed by atoms with Crippen LogP contribution >= 0.6 is 0 Å². The third-order valence-electron chi connectivity index (χ3n) is 4.27. The van der Waals surface area contributed by atoms with Crippen LogP contribution in [0.3, 0.4) is 0 Å². The largest absolute Gasteiger partial charge is 0.340 e. The van der Waals surface area contributed by atoms with Crippen molar-refractivity contribution in [3.63, 3.8) is 0 Å². The van der Waals surface area contributed by atoms with E-state index in [-0.39, 0.29) is 5.91 Å². The maximum Gasteiger partial charge on any atom is 0.255 e. The highest BCUT2D eigenvalue weighted by Gasteiger charge is 2.11. The Balaban J connectivity index is 1.78. The van der Waals surface area contributed by atoms with Gasteiger partial charge in [0.25, 0.3) is 5.91 Å². The van der Waals surface area contributed by atoms with Gasteiger partial charge in [-0.1, -0.05) is 13.0 Å². The zero-order valence-corrected chi connectivity index (χ0v) is 17.7. The summed E-state index contributed by atoms with van der Waals surface area (Å²) in [5.41, 5.74) is 4.13. The number of nitrogens with zero attached hydrogens (tertiary/aromatic N) is 2. The fraction of sp³-hybridized carbons (Fsp3) is 0.190. The molecule has 3 aromatic rings. The zero-order valence-electron chi connectivity index (χ0n) is 16.9. The molecule has 0 aliphatic carbocycles. The van der Waals surface area contributed by atoms with Gasteiger partial charge >= 0.3 is 0 Å². The first kappa shape index (κ1) is 21.3. The molecular weight excluding hydrogens is 402 g/mol. The molecule has 0 aliphatic rings. The molecule has 3 N–H and O–H groups in total. The molecule has 0 saturated heterocycles. The van der Waals surface area contributed by atoms with Crippen molar-refractivity contribution in [1.29, 1.82) is 0 Å². The second kappa shape index (κ2) is 8.91. The fourth-order valence-corrected chi connectivity index (χ4v) is 3.41. The molecule has 0 aliphatic heterocycles. The summed E-state index contributed by atoms with van der Waals surface area (Å²) in [4.78, 5) is 21.0. The van der Waals surface area contributed by atoms with Gasteiger partial charge in [0.2, 0.25) is 10.0 Å². The highest BCUT2D eigenvalue weighted by atomic mass is 32.2. The Bertz CT molecular complexity index is 1160. The van der Waals surface area contributed by atoms with E-state index in [9.17, 15) is 13.2 Å². The van der Waals surface area contributed by atoms with Gasteiger partial charge < -0.3 is 10.6 Å². The number of nitrogens with one attached hydrogen (secondary N) is 3. The van der Waals surface area contributed by atoms with Crippen molar-refractivity contribution in [3.05, 3.63) is 71.7 Å². The monoisotopic (exact) mass is 425 g/mol. The summed E-state index contributed by atoms with van der Waals surface area (Å²) >= 11 is 0. The lowest BCUT2D eigenvalue weighted by atomic mass is 10.1. The van der Waals surface area contributed by atoms with E-state index in [1.165, 1.54) is 6.33 Å². The lowest BCUT2D eigenvalue weighted by Gasteiger charge is -2.13. The van der Waals surface area contributed by atoms with Gasteiger partial charge in [-0.3, -0.25) is 9.52 Å². The maximum absolute atomic E-state index is 12.7. The van der Waals surface area contributed by atoms with Crippen LogP contribution in [0.25, 0.3) is 0 Å². The van der Waals surface area contributed by atoms with Crippen molar-refractivity contribution in [2.24, 2.45) is 0 Å². The fourth-order valence-electron chi connectivity index (χ4n) is 2.85. The molecule has 2 aromatic carbocycles. The van der Waals surface area contributed by atoms with E-state index in [0.29, 0.717) is 22.8 Å². The molecule has 0 saturated carbocycles. The number of aryl methyl sites for hydroxylation is 2. The minimum Gasteiger partial charge on any atom is -0.340 e. The number of sulfonamides is 1. The van der Waals surface area contributed by atoms with Gasteiger partial charge in [0.15, 0.2) is 0 Å². The molecule has 0 fully saturated rings. The molecule has 0 unspecified atom stereocenters. The standard InChI is InChI=1S/C21H23N5O3S/c1-4-15-5-10-18(24-20-11-14(2)22-13-23-20)12-19(15)25-21(27)16-6-8-17(9-7-16)26-30(3,28)29/h5-13,26H,4H2,1-3H3,(H,25,27)(H,22,23,24). The highest BCUT2D eigenvalue weighted by molar-refractivity contribution is 7.92. The van der Waals surface area contributed by atoms with E-state index in [4.69, 9.17) is 0 Å². The van der Waals surface area contributed by atoms with Crippen LogP contribution in [0.4, 0.5) is 22.9 Å². The molecule has 1 aromatic heterocycles. The summed E-state index contributed by atoms with van der Waals surface area (Å²) in [6.45, 7) is 3.90. The van der Waals surface area contributed by atoms with Gasteiger partial charge in [-0.2, -0.15) is 0 Å². The molecule has 3 rings (SSSR count). The number of anilines is 4. The highest BCUT2D eigenvalue weighted by Crippen LogP contribution is 2.25. The molecule has 1 heterocycles. The Kier molecular flexibility index (Phi) is 6.31. The lowest BCUT2D eigenvalue weighted by Crippen LogP contribution is -2.14. The van der Waals surface area contributed by atoms with Gasteiger partial charge in [0.1, 0.15) is 12.1 Å². The van der Waals surface area contributed by atoms with Crippen LogP contribution in [0.5, 0.6) is 0 Å². The second-order valence-corrected chi connectivity index (χ2v) is 8.55. The van der Waals surface area contributed by atoms with E-state index in [2.05, 4.69) is 25.3 Å². The Morgan fingerprint density at radius 3 is 2.33 bits per heavy atom. The number of aromatic nitrogens is 2. The summed E-state index contributed by atoms with van der Waals surface area (Å²) < 4.78 is 25.0. The number of carbonyl (C=O) groups excluding carboxylic acids is 1. The Morgan fingerprint density at radius 2 is 1.70 bits per heavy atom. The number of rotatable bonds is 7. The van der Waals surface area contributed by atoms with E-state index in [1.54, 1.807) is 24.3 Å². The van der Waals surface area contributed by atoms with E-state index in [0.717, 1.165) is 29.6 Å². The first-order valence-corrected chi connectivity index (χ1v) is 11.2. The average molecular weight is 426 g/mol. The smallest absolute Gasteiger partial charge is 0.255 e. The average Bonchev–Trinajstić information content (AvgIpc) is 2.67. The second-order valence-electron chi connectivity index (χ2n) is 6.80. The van der Waals surface area contributed by atoms with E-state index in [1.807, 2.05) is 38.1 Å². The van der Waals surface area contributed by atoms with Gasteiger partial charge in [-0.05, 0) is 55.3 Å². The number of amides is 1. The Labute approximate surface area is 175 Å². The normalized spacial score (nSPS) is 11.0. The van der Waals surface area contributed by atoms with Gasteiger partial charge in [-0.25, -0.2) is 18.4 Å². The van der Waals surface area contributed by atoms with Crippen LogP contribution in [0.2, 0.25) is 0 Å². The molecule has 0 atom stereocenters. The maximum atomic E-state index is 12.7. The van der Waals surface area contributed by atoms with Gasteiger partial charge in [-0.15, -0.1) is 0 Å². The van der Waals surface area contributed by atoms with Crippen LogP contribution in [-0.4, -0.2) is 30.5 Å². The number of benzene rings is 2. The third-order valence-corrected chi connectivity index (χ3v) is 4.87. The van der Waals surface area contributed by atoms with Crippen LogP contribution in [-0.2, 0) is 16.4 Å².